The summed E-state index contributed by atoms with van der Waals surface area (Å²) in [7, 11) is 3.99. The van der Waals surface area contributed by atoms with E-state index in [2.05, 4.69) is 33.6 Å². The lowest BCUT2D eigenvalue weighted by Gasteiger charge is -2.13. The molecule has 2 rings (SSSR count). The average Bonchev–Trinajstić information content (AvgIpc) is 3.26. The van der Waals surface area contributed by atoms with Crippen molar-refractivity contribution in [1.29, 1.82) is 0 Å². The number of hydrogen-bond acceptors (Lipinski definition) is 3. The summed E-state index contributed by atoms with van der Waals surface area (Å²) in [6, 6.07) is 4.09. The lowest BCUT2D eigenvalue weighted by Crippen LogP contribution is -2.38. The number of nitrogens with one attached hydrogen (secondary N) is 2. The van der Waals surface area contributed by atoms with Crippen LogP contribution in [0, 0.1) is 5.92 Å². The monoisotopic (exact) mass is 403 g/mol. The van der Waals surface area contributed by atoms with Crippen LogP contribution < -0.4 is 15.5 Å². The van der Waals surface area contributed by atoms with E-state index in [1.807, 2.05) is 31.3 Å². The molecule has 1 heterocycles. The van der Waals surface area contributed by atoms with Crippen molar-refractivity contribution in [3.63, 3.8) is 0 Å². The molecule has 0 unspecified atom stereocenters. The maximum atomic E-state index is 4.63. The summed E-state index contributed by atoms with van der Waals surface area (Å²) in [5.41, 5.74) is 1.17. The number of halogens is 1. The van der Waals surface area contributed by atoms with Crippen LogP contribution in [-0.2, 0) is 6.54 Å². The molecule has 0 saturated heterocycles. The molecule has 0 spiro atoms. The largest absolute Gasteiger partial charge is 0.363 e. The maximum absolute atomic E-state index is 4.63. The first-order chi connectivity index (χ1) is 9.69. The molecule has 0 amide bonds. The van der Waals surface area contributed by atoms with Crippen molar-refractivity contribution >= 4 is 35.8 Å². The van der Waals surface area contributed by atoms with E-state index in [0.29, 0.717) is 6.54 Å². The second-order valence-electron chi connectivity index (χ2n) is 5.44. The lowest BCUT2D eigenvalue weighted by molar-refractivity contribution is 0.739. The molecule has 1 aromatic heterocycles. The summed E-state index contributed by atoms with van der Waals surface area (Å²) < 4.78 is 0. The van der Waals surface area contributed by atoms with Crippen molar-refractivity contribution in [2.24, 2.45) is 10.9 Å². The predicted octanol–water partition coefficient (Wildman–Crippen LogP) is 2.23. The van der Waals surface area contributed by atoms with Gasteiger partial charge in [0.1, 0.15) is 5.82 Å². The van der Waals surface area contributed by atoms with Crippen LogP contribution in [0.25, 0.3) is 0 Å². The Balaban J connectivity index is 0.00000220. The van der Waals surface area contributed by atoms with Crippen molar-refractivity contribution in [3.8, 4) is 0 Å². The van der Waals surface area contributed by atoms with Crippen LogP contribution in [0.4, 0.5) is 5.82 Å². The van der Waals surface area contributed by atoms with Gasteiger partial charge in [0.05, 0.1) is 6.54 Å². The highest BCUT2D eigenvalue weighted by atomic mass is 127. The Bertz CT molecular complexity index is 457. The second kappa shape index (κ2) is 9.07. The lowest BCUT2D eigenvalue weighted by atomic mass is 10.2. The molecule has 6 heteroatoms. The van der Waals surface area contributed by atoms with Gasteiger partial charge in [0.25, 0.3) is 0 Å². The number of hydrogen-bond donors (Lipinski definition) is 2. The summed E-state index contributed by atoms with van der Waals surface area (Å²) in [5, 5.41) is 6.69. The number of nitrogens with zero attached hydrogens (tertiary/aromatic N) is 3. The first kappa shape index (κ1) is 18.0. The number of rotatable bonds is 6. The molecular formula is C15H26IN5. The van der Waals surface area contributed by atoms with E-state index in [-0.39, 0.29) is 24.0 Å². The topological polar surface area (TPSA) is 52.6 Å². The molecule has 1 saturated carbocycles. The highest BCUT2D eigenvalue weighted by molar-refractivity contribution is 14.0. The molecule has 2 N–H and O–H groups in total. The van der Waals surface area contributed by atoms with Gasteiger partial charge in [-0.1, -0.05) is 0 Å². The summed E-state index contributed by atoms with van der Waals surface area (Å²) in [4.78, 5) is 11.0. The fraction of sp³-hybridized carbons (Fsp3) is 0.600. The minimum atomic E-state index is 0. The van der Waals surface area contributed by atoms with Crippen LogP contribution in [0.5, 0.6) is 0 Å². The van der Waals surface area contributed by atoms with Crippen molar-refractivity contribution in [3.05, 3.63) is 23.9 Å². The zero-order valence-corrected chi connectivity index (χ0v) is 15.4. The highest BCUT2D eigenvalue weighted by Gasteiger charge is 2.20. The van der Waals surface area contributed by atoms with E-state index in [9.17, 15) is 0 Å². The summed E-state index contributed by atoms with van der Waals surface area (Å²) in [6.45, 7) is 4.68. The standard InChI is InChI=1S/C15H25N5.HI/c1-4-16-15(18-10-12-5-6-12)19-11-13-7-8-17-14(9-13)20(2)3;/h7-9,12H,4-6,10-11H2,1-3H3,(H2,16,18,19);1H. The number of aliphatic imine (C=N–C) groups is 1. The SMILES string of the molecule is CCNC(=NCc1ccnc(N(C)C)c1)NCC1CC1.I. The van der Waals surface area contributed by atoms with Gasteiger partial charge in [-0.05, 0) is 43.4 Å². The van der Waals surface area contributed by atoms with Gasteiger partial charge in [0.15, 0.2) is 5.96 Å². The van der Waals surface area contributed by atoms with Gasteiger partial charge in [0.2, 0.25) is 0 Å². The predicted molar refractivity (Wildman–Crippen MR) is 99.5 cm³/mol. The van der Waals surface area contributed by atoms with E-state index in [4.69, 9.17) is 0 Å². The quantitative estimate of drug-likeness (QED) is 0.435. The Morgan fingerprint density at radius 1 is 1.38 bits per heavy atom. The van der Waals surface area contributed by atoms with E-state index in [1.165, 1.54) is 18.4 Å². The molecule has 5 nitrogen and oxygen atoms in total. The summed E-state index contributed by atoms with van der Waals surface area (Å²) in [6.07, 6.45) is 4.54. The average molecular weight is 403 g/mol. The van der Waals surface area contributed by atoms with Crippen molar-refractivity contribution < 1.29 is 0 Å². The molecule has 21 heavy (non-hydrogen) atoms. The number of guanidine groups is 1. The zero-order valence-electron chi connectivity index (χ0n) is 13.1. The van der Waals surface area contributed by atoms with Crippen LogP contribution in [0.3, 0.4) is 0 Å². The Hall–Kier alpha value is -1.05. The van der Waals surface area contributed by atoms with Crippen LogP contribution in [0.2, 0.25) is 0 Å². The van der Waals surface area contributed by atoms with Crippen molar-refractivity contribution in [2.75, 3.05) is 32.1 Å². The van der Waals surface area contributed by atoms with Gasteiger partial charge in [-0.3, -0.25) is 0 Å². The maximum Gasteiger partial charge on any atom is 0.191 e. The smallest absolute Gasteiger partial charge is 0.191 e. The molecule has 1 fully saturated rings. The Morgan fingerprint density at radius 2 is 2.14 bits per heavy atom. The van der Waals surface area contributed by atoms with Crippen molar-refractivity contribution in [2.45, 2.75) is 26.3 Å². The molecule has 0 atom stereocenters. The van der Waals surface area contributed by atoms with Gasteiger partial charge >= 0.3 is 0 Å². The fourth-order valence-electron chi connectivity index (χ4n) is 1.88. The van der Waals surface area contributed by atoms with Gasteiger partial charge in [-0.25, -0.2) is 9.98 Å². The second-order valence-corrected chi connectivity index (χ2v) is 5.44. The number of pyridine rings is 1. The third kappa shape index (κ3) is 6.50. The molecule has 0 radical (unpaired) electrons. The van der Waals surface area contributed by atoms with E-state index < -0.39 is 0 Å². The molecule has 0 aromatic carbocycles. The fourth-order valence-corrected chi connectivity index (χ4v) is 1.88. The number of anilines is 1. The van der Waals surface area contributed by atoms with Gasteiger partial charge in [-0.15, -0.1) is 24.0 Å². The minimum absolute atomic E-state index is 0. The molecular weight excluding hydrogens is 377 g/mol. The van der Waals surface area contributed by atoms with Crippen LogP contribution in [-0.4, -0.2) is 38.1 Å². The van der Waals surface area contributed by atoms with E-state index in [0.717, 1.165) is 30.8 Å². The number of aromatic nitrogens is 1. The van der Waals surface area contributed by atoms with Crippen molar-refractivity contribution in [1.82, 2.24) is 15.6 Å². The summed E-state index contributed by atoms with van der Waals surface area (Å²) >= 11 is 0. The third-order valence-electron chi connectivity index (χ3n) is 3.29. The Labute approximate surface area is 144 Å². The van der Waals surface area contributed by atoms with E-state index >= 15 is 0 Å². The van der Waals surface area contributed by atoms with Gasteiger partial charge in [-0.2, -0.15) is 0 Å². The third-order valence-corrected chi connectivity index (χ3v) is 3.29. The molecule has 1 aliphatic rings. The highest BCUT2D eigenvalue weighted by Crippen LogP contribution is 2.27. The first-order valence-electron chi connectivity index (χ1n) is 7.33. The molecule has 118 valence electrons. The molecule has 0 bridgehead atoms. The van der Waals surface area contributed by atoms with Crippen LogP contribution in [0.1, 0.15) is 25.3 Å². The Morgan fingerprint density at radius 3 is 2.76 bits per heavy atom. The molecule has 1 aromatic rings. The van der Waals surface area contributed by atoms with Crippen LogP contribution in [0.15, 0.2) is 23.3 Å². The van der Waals surface area contributed by atoms with Crippen LogP contribution >= 0.6 is 24.0 Å². The molecule has 0 aliphatic heterocycles. The summed E-state index contributed by atoms with van der Waals surface area (Å²) in [5.74, 6) is 2.72. The normalized spacial score (nSPS) is 14.3. The molecule has 1 aliphatic carbocycles. The Kier molecular flexibility index (Phi) is 7.77. The van der Waals surface area contributed by atoms with Gasteiger partial charge in [0, 0.05) is 33.4 Å². The first-order valence-corrected chi connectivity index (χ1v) is 7.33. The van der Waals surface area contributed by atoms with Gasteiger partial charge < -0.3 is 15.5 Å². The minimum Gasteiger partial charge on any atom is -0.363 e. The zero-order chi connectivity index (χ0) is 14.4. The van der Waals surface area contributed by atoms with E-state index in [1.54, 1.807) is 0 Å².